The first-order valence-corrected chi connectivity index (χ1v) is 12.8. The number of H-pyrrole nitrogens is 1. The molecule has 1 N–H and O–H groups in total. The van der Waals surface area contributed by atoms with Crippen molar-refractivity contribution >= 4 is 28.6 Å². The van der Waals surface area contributed by atoms with Gasteiger partial charge in [-0.15, -0.1) is 0 Å². The second-order valence-corrected chi connectivity index (χ2v) is 10.8. The van der Waals surface area contributed by atoms with Crippen LogP contribution in [0.15, 0.2) is 42.5 Å². The van der Waals surface area contributed by atoms with Gasteiger partial charge >= 0.3 is 6.09 Å². The number of halogens is 1. The third-order valence-electron chi connectivity index (χ3n) is 6.91. The molecule has 192 valence electrons. The molecule has 7 nitrogen and oxygen atoms in total. The van der Waals surface area contributed by atoms with Crippen LogP contribution in [0.4, 0.5) is 4.79 Å². The average Bonchev–Trinajstić information content (AvgIpc) is 3.23. The molecule has 8 heteroatoms. The van der Waals surface area contributed by atoms with Crippen LogP contribution in [0, 0.1) is 5.41 Å². The first kappa shape index (κ1) is 24.9. The fourth-order valence-electron chi connectivity index (χ4n) is 4.88. The minimum Gasteiger partial charge on any atom is -0.493 e. The molecule has 1 aromatic heterocycles. The summed E-state index contributed by atoms with van der Waals surface area (Å²) in [4.78, 5) is 18.2. The van der Waals surface area contributed by atoms with Crippen LogP contribution in [-0.4, -0.2) is 54.7 Å². The van der Waals surface area contributed by atoms with Crippen molar-refractivity contribution < 1.29 is 23.7 Å². The number of amides is 1. The Morgan fingerprint density at radius 3 is 2.56 bits per heavy atom. The Morgan fingerprint density at radius 2 is 1.86 bits per heavy atom. The lowest BCUT2D eigenvalue weighted by Gasteiger charge is -2.41. The van der Waals surface area contributed by atoms with Gasteiger partial charge in [0.15, 0.2) is 5.79 Å². The molecule has 2 aliphatic heterocycles. The van der Waals surface area contributed by atoms with Gasteiger partial charge in [-0.1, -0.05) is 30.7 Å². The second-order valence-electron chi connectivity index (χ2n) is 10.4. The smallest absolute Gasteiger partial charge is 0.410 e. The number of hydrogen-bond donors (Lipinski definition) is 1. The largest absolute Gasteiger partial charge is 0.493 e. The Balaban J connectivity index is 1.40. The van der Waals surface area contributed by atoms with Gasteiger partial charge in [0, 0.05) is 33.6 Å². The number of benzene rings is 2. The summed E-state index contributed by atoms with van der Waals surface area (Å²) in [5.74, 6) is 0.200. The number of carbonyl (C=O) groups is 1. The number of nitrogens with one attached hydrogen (secondary N) is 1. The third kappa shape index (κ3) is 4.92. The van der Waals surface area contributed by atoms with Gasteiger partial charge in [0.1, 0.15) is 11.8 Å². The molecular weight excluding hydrogens is 480 g/mol. The SMILES string of the molecule is CCOC(=O)N1CCc2c([nH]c3ccc(Cl)cc23)[C@@H]1c1ccc(OCC2(C)COC(C)(C)OC2)cc1. The zero-order valence-corrected chi connectivity index (χ0v) is 22.0. The van der Waals surface area contributed by atoms with E-state index in [1.807, 2.05) is 63.2 Å². The van der Waals surface area contributed by atoms with Crippen molar-refractivity contribution in [1.82, 2.24) is 9.88 Å². The summed E-state index contributed by atoms with van der Waals surface area (Å²) in [5.41, 5.74) is 3.94. The average molecular weight is 513 g/mol. The van der Waals surface area contributed by atoms with E-state index in [1.54, 1.807) is 4.90 Å². The van der Waals surface area contributed by atoms with E-state index in [0.717, 1.165) is 34.3 Å². The van der Waals surface area contributed by atoms with Gasteiger partial charge in [0.25, 0.3) is 0 Å². The molecular formula is C28H33ClN2O5. The van der Waals surface area contributed by atoms with Crippen LogP contribution in [0.3, 0.4) is 0 Å². The van der Waals surface area contributed by atoms with Crippen LogP contribution in [0.5, 0.6) is 5.75 Å². The maximum Gasteiger partial charge on any atom is 0.410 e. The summed E-state index contributed by atoms with van der Waals surface area (Å²) in [5, 5.41) is 1.79. The summed E-state index contributed by atoms with van der Waals surface area (Å²) < 4.78 is 23.2. The molecule has 36 heavy (non-hydrogen) atoms. The predicted molar refractivity (Wildman–Crippen MR) is 139 cm³/mol. The lowest BCUT2D eigenvalue weighted by Crippen LogP contribution is -2.47. The number of rotatable bonds is 5. The van der Waals surface area contributed by atoms with Gasteiger partial charge in [0.05, 0.1) is 26.4 Å². The van der Waals surface area contributed by atoms with Crippen molar-refractivity contribution in [2.45, 2.75) is 45.9 Å². The number of aromatic amines is 1. The molecule has 1 fully saturated rings. The van der Waals surface area contributed by atoms with Gasteiger partial charge in [-0.3, -0.25) is 4.90 Å². The molecule has 0 spiro atoms. The molecule has 1 saturated heterocycles. The topological polar surface area (TPSA) is 73.0 Å². The van der Waals surface area contributed by atoms with Crippen LogP contribution in [-0.2, 0) is 20.6 Å². The lowest BCUT2D eigenvalue weighted by atomic mass is 9.92. The fourth-order valence-corrected chi connectivity index (χ4v) is 5.05. The molecule has 3 aromatic rings. The van der Waals surface area contributed by atoms with E-state index in [0.29, 0.717) is 38.0 Å². The van der Waals surface area contributed by atoms with Gasteiger partial charge in [0.2, 0.25) is 0 Å². The maximum atomic E-state index is 12.9. The molecule has 2 aliphatic rings. The quantitative estimate of drug-likeness (QED) is 0.447. The molecule has 0 aliphatic carbocycles. The highest BCUT2D eigenvalue weighted by molar-refractivity contribution is 6.31. The van der Waals surface area contributed by atoms with Gasteiger partial charge in [-0.05, 0) is 68.7 Å². The van der Waals surface area contributed by atoms with E-state index in [9.17, 15) is 4.79 Å². The van der Waals surface area contributed by atoms with Crippen molar-refractivity contribution in [3.05, 3.63) is 64.3 Å². The number of nitrogens with zero attached hydrogens (tertiary/aromatic N) is 1. The van der Waals surface area contributed by atoms with E-state index in [2.05, 4.69) is 11.9 Å². The lowest BCUT2D eigenvalue weighted by molar-refractivity contribution is -0.285. The highest BCUT2D eigenvalue weighted by Crippen LogP contribution is 2.40. The van der Waals surface area contributed by atoms with E-state index < -0.39 is 5.79 Å². The Labute approximate surface area is 216 Å². The summed E-state index contributed by atoms with van der Waals surface area (Å²) in [6.45, 7) is 10.3. The first-order valence-electron chi connectivity index (χ1n) is 12.4. The fraction of sp³-hybridized carbons (Fsp3) is 0.464. The van der Waals surface area contributed by atoms with Gasteiger partial charge < -0.3 is 23.9 Å². The second kappa shape index (κ2) is 9.61. The van der Waals surface area contributed by atoms with Crippen molar-refractivity contribution in [2.75, 3.05) is 33.0 Å². The van der Waals surface area contributed by atoms with Crippen LogP contribution in [0.1, 0.15) is 50.6 Å². The van der Waals surface area contributed by atoms with Gasteiger partial charge in [-0.2, -0.15) is 0 Å². The summed E-state index contributed by atoms with van der Waals surface area (Å²) >= 11 is 6.29. The van der Waals surface area contributed by atoms with Crippen LogP contribution in [0.25, 0.3) is 10.9 Å². The van der Waals surface area contributed by atoms with E-state index in [1.165, 1.54) is 5.56 Å². The summed E-state index contributed by atoms with van der Waals surface area (Å²) in [6.07, 6.45) is 0.407. The number of hydrogen-bond acceptors (Lipinski definition) is 5. The Morgan fingerprint density at radius 1 is 1.14 bits per heavy atom. The Hall–Kier alpha value is -2.74. The first-order chi connectivity index (χ1) is 17.2. The van der Waals surface area contributed by atoms with Crippen LogP contribution >= 0.6 is 11.6 Å². The monoisotopic (exact) mass is 512 g/mol. The minimum atomic E-state index is -0.557. The maximum absolute atomic E-state index is 12.9. The van der Waals surface area contributed by atoms with Crippen LogP contribution < -0.4 is 4.74 Å². The minimum absolute atomic E-state index is 0.223. The van der Waals surface area contributed by atoms with Crippen molar-refractivity contribution in [3.63, 3.8) is 0 Å². The molecule has 0 bridgehead atoms. The van der Waals surface area contributed by atoms with Crippen molar-refractivity contribution in [2.24, 2.45) is 5.41 Å². The summed E-state index contributed by atoms with van der Waals surface area (Å²) in [7, 11) is 0. The van der Waals surface area contributed by atoms with E-state index in [4.69, 9.17) is 30.5 Å². The van der Waals surface area contributed by atoms with Crippen LogP contribution in [0.2, 0.25) is 5.02 Å². The van der Waals surface area contributed by atoms with Crippen molar-refractivity contribution in [3.8, 4) is 5.75 Å². The highest BCUT2D eigenvalue weighted by Gasteiger charge is 2.38. The van der Waals surface area contributed by atoms with Crippen molar-refractivity contribution in [1.29, 1.82) is 0 Å². The standard InChI is InChI=1S/C28H33ClN2O5/c1-5-33-26(32)31-13-12-21-22-14-19(29)8-11-23(22)30-24(21)25(31)18-6-9-20(10-7-18)34-15-28(4)16-35-27(2,3)36-17-28/h6-11,14,25,30H,5,12-13,15-17H2,1-4H3/t25-/m0/s1. The normalized spacial score (nSPS) is 20.7. The summed E-state index contributed by atoms with van der Waals surface area (Å²) in [6, 6.07) is 13.5. The highest BCUT2D eigenvalue weighted by atomic mass is 35.5. The Bertz CT molecular complexity index is 1240. The molecule has 3 heterocycles. The predicted octanol–water partition coefficient (Wildman–Crippen LogP) is 6.09. The Kier molecular flexibility index (Phi) is 6.66. The third-order valence-corrected chi connectivity index (χ3v) is 7.15. The molecule has 5 rings (SSSR count). The number of carbonyl (C=O) groups excluding carboxylic acids is 1. The number of aromatic nitrogens is 1. The molecule has 1 amide bonds. The van der Waals surface area contributed by atoms with E-state index in [-0.39, 0.29) is 17.6 Å². The number of ether oxygens (including phenoxy) is 4. The van der Waals surface area contributed by atoms with Gasteiger partial charge in [-0.25, -0.2) is 4.79 Å². The molecule has 0 saturated carbocycles. The molecule has 2 aromatic carbocycles. The zero-order valence-electron chi connectivity index (χ0n) is 21.2. The van der Waals surface area contributed by atoms with E-state index >= 15 is 0 Å². The zero-order chi connectivity index (χ0) is 25.5. The molecule has 0 unspecified atom stereocenters. The molecule has 0 radical (unpaired) electrons. The number of fused-ring (bicyclic) bond motifs is 3. The molecule has 1 atom stereocenters.